The molecule has 0 radical (unpaired) electrons. The van der Waals surface area contributed by atoms with Crippen molar-refractivity contribution in [3.8, 4) is 17.6 Å². The van der Waals surface area contributed by atoms with Crippen LogP contribution in [-0.4, -0.2) is 12.6 Å². The Hall–Kier alpha value is -2.51. The van der Waals surface area contributed by atoms with Gasteiger partial charge in [-0.2, -0.15) is 5.26 Å². The van der Waals surface area contributed by atoms with E-state index in [0.29, 0.717) is 22.1 Å². The highest BCUT2D eigenvalue weighted by atomic mass is 35.5. The molecular weight excluding hydrogens is 290 g/mol. The highest BCUT2D eigenvalue weighted by Gasteiger charge is 2.11. The molecule has 0 aliphatic carbocycles. The molecule has 5 heteroatoms. The van der Waals surface area contributed by atoms with Crippen molar-refractivity contribution in [2.45, 2.75) is 6.92 Å². The van der Waals surface area contributed by atoms with E-state index in [2.05, 4.69) is 0 Å². The molecule has 0 unspecified atom stereocenters. The van der Waals surface area contributed by atoms with Crippen molar-refractivity contribution in [3.05, 3.63) is 58.6 Å². The fourth-order valence-corrected chi connectivity index (χ4v) is 1.82. The summed E-state index contributed by atoms with van der Waals surface area (Å²) < 4.78 is 10.4. The van der Waals surface area contributed by atoms with Crippen LogP contribution in [0.4, 0.5) is 0 Å². The SMILES string of the molecule is Cc1ccc(Cl)c(OC(=O)COc2ccccc2C#N)c1. The monoisotopic (exact) mass is 301 g/mol. The third-order valence-corrected chi connectivity index (χ3v) is 2.98. The first kappa shape index (κ1) is 14.9. The van der Waals surface area contributed by atoms with Crippen molar-refractivity contribution in [1.29, 1.82) is 5.26 Å². The number of nitrogens with zero attached hydrogens (tertiary/aromatic N) is 1. The molecule has 0 heterocycles. The van der Waals surface area contributed by atoms with Gasteiger partial charge in [-0.25, -0.2) is 4.79 Å². The molecule has 0 aliphatic heterocycles. The summed E-state index contributed by atoms with van der Waals surface area (Å²) in [6, 6.07) is 13.8. The van der Waals surface area contributed by atoms with Crippen LogP contribution in [0.2, 0.25) is 5.02 Å². The number of esters is 1. The van der Waals surface area contributed by atoms with Crippen molar-refractivity contribution < 1.29 is 14.3 Å². The molecule has 0 amide bonds. The number of rotatable bonds is 4. The van der Waals surface area contributed by atoms with Crippen LogP contribution in [-0.2, 0) is 4.79 Å². The Morgan fingerprint density at radius 3 is 2.76 bits per heavy atom. The van der Waals surface area contributed by atoms with E-state index in [1.807, 2.05) is 19.1 Å². The number of nitriles is 1. The van der Waals surface area contributed by atoms with Crippen molar-refractivity contribution in [1.82, 2.24) is 0 Å². The van der Waals surface area contributed by atoms with Crippen LogP contribution in [0.3, 0.4) is 0 Å². The quantitative estimate of drug-likeness (QED) is 0.640. The minimum atomic E-state index is -0.588. The maximum Gasteiger partial charge on any atom is 0.349 e. The number of benzene rings is 2. The Kier molecular flexibility index (Phi) is 4.81. The molecule has 2 rings (SSSR count). The Balaban J connectivity index is 2.00. The molecule has 0 N–H and O–H groups in total. The third kappa shape index (κ3) is 3.98. The maximum atomic E-state index is 11.8. The molecule has 106 valence electrons. The lowest BCUT2D eigenvalue weighted by atomic mass is 10.2. The first-order chi connectivity index (χ1) is 10.1. The topological polar surface area (TPSA) is 59.3 Å². The second-order valence-corrected chi connectivity index (χ2v) is 4.71. The maximum absolute atomic E-state index is 11.8. The lowest BCUT2D eigenvalue weighted by Gasteiger charge is -2.09. The van der Waals surface area contributed by atoms with Gasteiger partial charge in [0.25, 0.3) is 0 Å². The van der Waals surface area contributed by atoms with Crippen molar-refractivity contribution in [2.75, 3.05) is 6.61 Å². The van der Waals surface area contributed by atoms with Crippen molar-refractivity contribution in [2.24, 2.45) is 0 Å². The normalized spacial score (nSPS) is 9.76. The average Bonchev–Trinajstić information content (AvgIpc) is 2.49. The number of hydrogen-bond donors (Lipinski definition) is 0. The average molecular weight is 302 g/mol. The van der Waals surface area contributed by atoms with Gasteiger partial charge in [-0.05, 0) is 36.8 Å². The van der Waals surface area contributed by atoms with Gasteiger partial charge < -0.3 is 9.47 Å². The van der Waals surface area contributed by atoms with Gasteiger partial charge in [0.05, 0.1) is 10.6 Å². The summed E-state index contributed by atoms with van der Waals surface area (Å²) in [6.07, 6.45) is 0. The number of aryl methyl sites for hydroxylation is 1. The molecule has 0 saturated heterocycles. The zero-order valence-corrected chi connectivity index (χ0v) is 12.1. The number of para-hydroxylation sites is 1. The standard InChI is InChI=1S/C16H12ClNO3/c1-11-6-7-13(17)15(8-11)21-16(19)10-20-14-5-3-2-4-12(14)9-18/h2-8H,10H2,1H3. The first-order valence-electron chi connectivity index (χ1n) is 6.19. The number of ether oxygens (including phenoxy) is 2. The van der Waals surface area contributed by atoms with E-state index in [4.69, 9.17) is 26.3 Å². The molecule has 0 fully saturated rings. The first-order valence-corrected chi connectivity index (χ1v) is 6.56. The number of carbonyl (C=O) groups is 1. The molecule has 0 spiro atoms. The number of hydrogen-bond acceptors (Lipinski definition) is 4. The van der Waals surface area contributed by atoms with E-state index in [1.165, 1.54) is 0 Å². The Morgan fingerprint density at radius 1 is 1.24 bits per heavy atom. The molecule has 0 atom stereocenters. The van der Waals surface area contributed by atoms with E-state index in [9.17, 15) is 4.79 Å². The molecule has 21 heavy (non-hydrogen) atoms. The zero-order chi connectivity index (χ0) is 15.2. The second kappa shape index (κ2) is 6.78. The van der Waals surface area contributed by atoms with Gasteiger partial charge in [0.15, 0.2) is 6.61 Å². The smallest absolute Gasteiger partial charge is 0.349 e. The van der Waals surface area contributed by atoms with Crippen molar-refractivity contribution in [3.63, 3.8) is 0 Å². The minimum absolute atomic E-state index is 0.291. The van der Waals surface area contributed by atoms with Crippen LogP contribution >= 0.6 is 11.6 Å². The Labute approximate surface area is 127 Å². The van der Waals surface area contributed by atoms with E-state index < -0.39 is 5.97 Å². The summed E-state index contributed by atoms with van der Waals surface area (Å²) in [7, 11) is 0. The predicted octanol–water partition coefficient (Wildman–Crippen LogP) is 3.50. The summed E-state index contributed by atoms with van der Waals surface area (Å²) in [5, 5.41) is 9.28. The lowest BCUT2D eigenvalue weighted by molar-refractivity contribution is -0.136. The van der Waals surface area contributed by atoms with Crippen LogP contribution in [0.15, 0.2) is 42.5 Å². The highest BCUT2D eigenvalue weighted by molar-refractivity contribution is 6.32. The molecule has 4 nitrogen and oxygen atoms in total. The zero-order valence-electron chi connectivity index (χ0n) is 11.3. The Morgan fingerprint density at radius 2 is 2.00 bits per heavy atom. The van der Waals surface area contributed by atoms with Crippen LogP contribution in [0.1, 0.15) is 11.1 Å². The van der Waals surface area contributed by atoms with Gasteiger partial charge >= 0.3 is 5.97 Å². The molecule has 2 aromatic rings. The summed E-state index contributed by atoms with van der Waals surface area (Å²) in [4.78, 5) is 11.8. The van der Waals surface area contributed by atoms with Gasteiger partial charge in [0.2, 0.25) is 0 Å². The number of carbonyl (C=O) groups excluding carboxylic acids is 1. The summed E-state index contributed by atoms with van der Waals surface area (Å²) in [6.45, 7) is 1.57. The molecule has 0 bridgehead atoms. The summed E-state index contributed by atoms with van der Waals surface area (Å²) >= 11 is 5.94. The van der Waals surface area contributed by atoms with Crippen LogP contribution in [0.5, 0.6) is 11.5 Å². The molecule has 0 aliphatic rings. The van der Waals surface area contributed by atoms with Crippen LogP contribution in [0, 0.1) is 18.3 Å². The van der Waals surface area contributed by atoms with Gasteiger partial charge in [0, 0.05) is 0 Å². The van der Waals surface area contributed by atoms with E-state index in [-0.39, 0.29) is 6.61 Å². The Bertz CT molecular complexity index is 707. The van der Waals surface area contributed by atoms with E-state index >= 15 is 0 Å². The van der Waals surface area contributed by atoms with Crippen LogP contribution < -0.4 is 9.47 Å². The number of halogens is 1. The van der Waals surface area contributed by atoms with Crippen LogP contribution in [0.25, 0.3) is 0 Å². The largest absolute Gasteiger partial charge is 0.481 e. The summed E-state index contributed by atoms with van der Waals surface area (Å²) in [5.74, 6) is 0.0429. The minimum Gasteiger partial charge on any atom is -0.481 e. The van der Waals surface area contributed by atoms with Gasteiger partial charge in [0.1, 0.15) is 17.6 Å². The van der Waals surface area contributed by atoms with E-state index in [0.717, 1.165) is 5.56 Å². The second-order valence-electron chi connectivity index (χ2n) is 4.30. The highest BCUT2D eigenvalue weighted by Crippen LogP contribution is 2.25. The fraction of sp³-hybridized carbons (Fsp3) is 0.125. The third-order valence-electron chi connectivity index (χ3n) is 2.66. The molecule has 0 saturated carbocycles. The lowest BCUT2D eigenvalue weighted by Crippen LogP contribution is -2.18. The van der Waals surface area contributed by atoms with Gasteiger partial charge in [-0.15, -0.1) is 0 Å². The molecule has 2 aromatic carbocycles. The van der Waals surface area contributed by atoms with Crippen molar-refractivity contribution >= 4 is 17.6 Å². The van der Waals surface area contributed by atoms with E-state index in [1.54, 1.807) is 36.4 Å². The predicted molar refractivity (Wildman–Crippen MR) is 78.5 cm³/mol. The summed E-state index contributed by atoms with van der Waals surface area (Å²) in [5.41, 5.74) is 1.29. The fourth-order valence-electron chi connectivity index (χ4n) is 1.66. The molecular formula is C16H12ClNO3. The van der Waals surface area contributed by atoms with Gasteiger partial charge in [-0.3, -0.25) is 0 Å². The van der Waals surface area contributed by atoms with Gasteiger partial charge in [-0.1, -0.05) is 29.8 Å². The molecule has 0 aromatic heterocycles.